The zero-order valence-electron chi connectivity index (χ0n) is 14.8. The van der Waals surface area contributed by atoms with E-state index in [1.807, 2.05) is 53.4 Å². The van der Waals surface area contributed by atoms with Gasteiger partial charge in [0.2, 0.25) is 0 Å². The summed E-state index contributed by atoms with van der Waals surface area (Å²) < 4.78 is 6.37. The Morgan fingerprint density at radius 3 is 2.19 bits per heavy atom. The fourth-order valence-electron chi connectivity index (χ4n) is 2.95. The normalized spacial score (nSPS) is 14.1. The summed E-state index contributed by atoms with van der Waals surface area (Å²) in [6, 6.07) is 15.0. The molecule has 0 unspecified atom stereocenters. The number of rotatable bonds is 6. The number of benzene rings is 2. The van der Waals surface area contributed by atoms with Crippen LogP contribution in [0.15, 0.2) is 53.0 Å². The lowest BCUT2D eigenvalue weighted by atomic mass is 10.1. The van der Waals surface area contributed by atoms with Gasteiger partial charge in [0.1, 0.15) is 5.75 Å². The smallest absolute Gasteiger partial charge is 0.306 e. The second-order valence-corrected chi connectivity index (χ2v) is 7.19. The molecule has 6 nitrogen and oxygen atoms in total. The quantitative estimate of drug-likeness (QED) is 0.758. The van der Waals surface area contributed by atoms with E-state index in [4.69, 9.17) is 9.84 Å². The van der Waals surface area contributed by atoms with Gasteiger partial charge in [0, 0.05) is 41.9 Å². The Kier molecular flexibility index (Phi) is 6.34. The first-order valence-corrected chi connectivity index (χ1v) is 9.57. The first-order chi connectivity index (χ1) is 13.0. The highest BCUT2D eigenvalue weighted by Gasteiger charge is 2.22. The minimum atomic E-state index is -0.873. The molecular formula is C20H21BrN2O4. The second-order valence-electron chi connectivity index (χ2n) is 6.27. The van der Waals surface area contributed by atoms with Gasteiger partial charge in [-0.2, -0.15) is 0 Å². The number of amides is 1. The van der Waals surface area contributed by atoms with Gasteiger partial charge in [-0.15, -0.1) is 0 Å². The molecule has 0 atom stereocenters. The fourth-order valence-corrected chi connectivity index (χ4v) is 3.22. The molecule has 27 heavy (non-hydrogen) atoms. The van der Waals surface area contributed by atoms with Crippen molar-refractivity contribution in [3.05, 3.63) is 58.6 Å². The zero-order chi connectivity index (χ0) is 19.2. The summed E-state index contributed by atoms with van der Waals surface area (Å²) in [5, 5.41) is 8.63. The number of carbonyl (C=O) groups is 2. The largest absolute Gasteiger partial charge is 0.493 e. The van der Waals surface area contributed by atoms with Gasteiger partial charge in [-0.05, 0) is 48.5 Å². The van der Waals surface area contributed by atoms with E-state index >= 15 is 0 Å². The topological polar surface area (TPSA) is 70.1 Å². The summed E-state index contributed by atoms with van der Waals surface area (Å²) >= 11 is 3.38. The second kappa shape index (κ2) is 8.90. The maximum atomic E-state index is 12.6. The van der Waals surface area contributed by atoms with Crippen LogP contribution >= 0.6 is 15.9 Å². The standard InChI is InChI=1S/C20H21BrN2O4/c21-16-3-1-15(2-4-16)20(26)23-12-10-22(11-13-23)17-5-7-18(8-6-17)27-14-9-19(24)25/h1-8H,9-14H2,(H,24,25). The van der Waals surface area contributed by atoms with Gasteiger partial charge in [-0.3, -0.25) is 9.59 Å². The van der Waals surface area contributed by atoms with E-state index in [-0.39, 0.29) is 18.9 Å². The minimum absolute atomic E-state index is 0.0178. The molecule has 2 aromatic rings. The molecule has 1 heterocycles. The van der Waals surface area contributed by atoms with Crippen LogP contribution in [0.1, 0.15) is 16.8 Å². The number of hydrogen-bond donors (Lipinski definition) is 1. The Morgan fingerprint density at radius 2 is 1.59 bits per heavy atom. The number of carboxylic acids is 1. The van der Waals surface area contributed by atoms with Crippen molar-refractivity contribution in [3.63, 3.8) is 0 Å². The lowest BCUT2D eigenvalue weighted by Crippen LogP contribution is -2.48. The molecule has 2 aromatic carbocycles. The van der Waals surface area contributed by atoms with Gasteiger partial charge in [0.25, 0.3) is 5.91 Å². The molecule has 0 radical (unpaired) electrons. The minimum Gasteiger partial charge on any atom is -0.493 e. The molecule has 0 aliphatic carbocycles. The number of carbonyl (C=O) groups excluding carboxylic acids is 1. The molecule has 1 aliphatic heterocycles. The summed E-state index contributed by atoms with van der Waals surface area (Å²) in [7, 11) is 0. The highest BCUT2D eigenvalue weighted by atomic mass is 79.9. The third-order valence-corrected chi connectivity index (χ3v) is 4.97. The van der Waals surface area contributed by atoms with E-state index in [2.05, 4.69) is 20.8 Å². The molecule has 0 bridgehead atoms. The van der Waals surface area contributed by atoms with Crippen LogP contribution in [0.25, 0.3) is 0 Å². The Morgan fingerprint density at radius 1 is 0.963 bits per heavy atom. The average molecular weight is 433 g/mol. The number of halogens is 1. The maximum Gasteiger partial charge on any atom is 0.306 e. The Labute approximate surface area is 166 Å². The van der Waals surface area contributed by atoms with Crippen molar-refractivity contribution in [2.75, 3.05) is 37.7 Å². The van der Waals surface area contributed by atoms with Crippen LogP contribution in [0.4, 0.5) is 5.69 Å². The Bertz CT molecular complexity index is 785. The van der Waals surface area contributed by atoms with Gasteiger partial charge in [0.15, 0.2) is 0 Å². The van der Waals surface area contributed by atoms with Crippen molar-refractivity contribution >= 4 is 33.5 Å². The van der Waals surface area contributed by atoms with Gasteiger partial charge < -0.3 is 19.6 Å². The van der Waals surface area contributed by atoms with Gasteiger partial charge >= 0.3 is 5.97 Å². The van der Waals surface area contributed by atoms with Crippen LogP contribution in [-0.2, 0) is 4.79 Å². The zero-order valence-corrected chi connectivity index (χ0v) is 16.4. The van der Waals surface area contributed by atoms with Crippen LogP contribution < -0.4 is 9.64 Å². The highest BCUT2D eigenvalue weighted by molar-refractivity contribution is 9.10. The van der Waals surface area contributed by atoms with Gasteiger partial charge in [-0.1, -0.05) is 15.9 Å². The van der Waals surface area contributed by atoms with E-state index in [1.54, 1.807) is 0 Å². The molecule has 1 saturated heterocycles. The molecule has 0 saturated carbocycles. The Balaban J connectivity index is 1.52. The number of ether oxygens (including phenoxy) is 1. The number of carboxylic acid groups (broad SMARTS) is 1. The number of anilines is 1. The van der Waals surface area contributed by atoms with Crippen molar-refractivity contribution in [3.8, 4) is 5.75 Å². The number of piperazine rings is 1. The van der Waals surface area contributed by atoms with Crippen LogP contribution in [0.3, 0.4) is 0 Å². The number of nitrogens with zero attached hydrogens (tertiary/aromatic N) is 2. The summed E-state index contributed by atoms with van der Waals surface area (Å²) in [6.45, 7) is 3.03. The van der Waals surface area contributed by atoms with E-state index in [0.29, 0.717) is 24.4 Å². The third kappa shape index (κ3) is 5.23. The average Bonchev–Trinajstić information content (AvgIpc) is 2.68. The van der Waals surface area contributed by atoms with Crippen molar-refractivity contribution in [1.82, 2.24) is 4.90 Å². The van der Waals surface area contributed by atoms with Crippen molar-refractivity contribution in [2.24, 2.45) is 0 Å². The Hall–Kier alpha value is -2.54. The van der Waals surface area contributed by atoms with Crippen molar-refractivity contribution in [2.45, 2.75) is 6.42 Å². The monoisotopic (exact) mass is 432 g/mol. The molecule has 1 aliphatic rings. The van der Waals surface area contributed by atoms with Crippen LogP contribution in [-0.4, -0.2) is 54.7 Å². The lowest BCUT2D eigenvalue weighted by molar-refractivity contribution is -0.137. The molecule has 1 amide bonds. The predicted molar refractivity (Wildman–Crippen MR) is 106 cm³/mol. The molecule has 0 spiro atoms. The summed E-state index contributed by atoms with van der Waals surface area (Å²) in [6.07, 6.45) is -0.0178. The number of aliphatic carboxylic acids is 1. The van der Waals surface area contributed by atoms with E-state index in [1.165, 1.54) is 0 Å². The molecule has 3 rings (SSSR count). The SMILES string of the molecule is O=C(O)CCOc1ccc(N2CCN(C(=O)c3ccc(Br)cc3)CC2)cc1. The number of hydrogen-bond acceptors (Lipinski definition) is 4. The molecule has 142 valence electrons. The maximum absolute atomic E-state index is 12.6. The summed E-state index contributed by atoms with van der Waals surface area (Å²) in [5.41, 5.74) is 1.77. The first kappa shape index (κ1) is 19.2. The predicted octanol–water partition coefficient (Wildman–Crippen LogP) is 3.27. The molecule has 1 N–H and O–H groups in total. The van der Waals surface area contributed by atoms with Crippen LogP contribution in [0, 0.1) is 0 Å². The van der Waals surface area contributed by atoms with Gasteiger partial charge in [0.05, 0.1) is 13.0 Å². The van der Waals surface area contributed by atoms with Crippen LogP contribution in [0.5, 0.6) is 5.75 Å². The summed E-state index contributed by atoms with van der Waals surface area (Å²) in [5.74, 6) is -0.157. The highest BCUT2D eigenvalue weighted by Crippen LogP contribution is 2.21. The summed E-state index contributed by atoms with van der Waals surface area (Å²) in [4.78, 5) is 27.2. The fraction of sp³-hybridized carbons (Fsp3) is 0.300. The lowest BCUT2D eigenvalue weighted by Gasteiger charge is -2.36. The van der Waals surface area contributed by atoms with E-state index < -0.39 is 5.97 Å². The van der Waals surface area contributed by atoms with Crippen molar-refractivity contribution < 1.29 is 19.4 Å². The van der Waals surface area contributed by atoms with Crippen LogP contribution in [0.2, 0.25) is 0 Å². The van der Waals surface area contributed by atoms with E-state index in [9.17, 15) is 9.59 Å². The first-order valence-electron chi connectivity index (χ1n) is 8.77. The third-order valence-electron chi connectivity index (χ3n) is 4.44. The van der Waals surface area contributed by atoms with Gasteiger partial charge in [-0.25, -0.2) is 0 Å². The molecular weight excluding hydrogens is 412 g/mol. The van der Waals surface area contributed by atoms with E-state index in [0.717, 1.165) is 23.2 Å². The molecule has 0 aromatic heterocycles. The molecule has 7 heteroatoms. The van der Waals surface area contributed by atoms with Crippen molar-refractivity contribution in [1.29, 1.82) is 0 Å². The molecule has 1 fully saturated rings.